The van der Waals surface area contributed by atoms with E-state index in [1.54, 1.807) is 0 Å². The highest BCUT2D eigenvalue weighted by Crippen LogP contribution is 2.25. The maximum atomic E-state index is 12.7. The Morgan fingerprint density at radius 1 is 1.22 bits per heavy atom. The van der Waals surface area contributed by atoms with Crippen LogP contribution in [0.25, 0.3) is 0 Å². The molecule has 1 aliphatic heterocycles. The maximum absolute atomic E-state index is 12.7. The molecule has 2 amide bonds. The number of amides is 2. The van der Waals surface area contributed by atoms with Crippen LogP contribution in [0.4, 0.5) is 0 Å². The van der Waals surface area contributed by atoms with Crippen molar-refractivity contribution in [3.8, 4) is 0 Å². The Bertz CT molecular complexity index is 618. The highest BCUT2D eigenvalue weighted by Gasteiger charge is 2.43. The summed E-state index contributed by atoms with van der Waals surface area (Å²) in [4.78, 5) is 60.4. The maximum Gasteiger partial charge on any atom is 0.326 e. The topological polar surface area (TPSA) is 167 Å². The van der Waals surface area contributed by atoms with E-state index in [9.17, 15) is 29.1 Å². The number of nitrogens with one attached hydrogen (secondary N) is 1. The van der Waals surface area contributed by atoms with Crippen LogP contribution in [0.5, 0.6) is 0 Å². The number of carbonyl (C=O) groups is 5. The van der Waals surface area contributed by atoms with Crippen LogP contribution in [-0.2, 0) is 24.0 Å². The molecule has 1 heterocycles. The molecule has 152 valence electrons. The first-order chi connectivity index (χ1) is 12.4. The number of Topliss-reactive ketones (excluding diaryl/α,β-unsaturated/α-hetero) is 1. The third kappa shape index (κ3) is 6.31. The second-order valence-electron chi connectivity index (χ2n) is 7.28. The van der Waals surface area contributed by atoms with Crippen molar-refractivity contribution in [2.24, 2.45) is 17.6 Å². The van der Waals surface area contributed by atoms with Crippen LogP contribution in [0.1, 0.15) is 40.0 Å². The monoisotopic (exact) mass is 385 g/mol. The van der Waals surface area contributed by atoms with Crippen molar-refractivity contribution >= 4 is 29.5 Å². The molecule has 0 saturated carbocycles. The Kier molecular flexibility index (Phi) is 7.89. The van der Waals surface area contributed by atoms with Crippen molar-refractivity contribution in [3.05, 3.63) is 0 Å². The normalized spacial score (nSPS) is 20.3. The van der Waals surface area contributed by atoms with Gasteiger partial charge in [-0.1, -0.05) is 13.8 Å². The molecule has 5 N–H and O–H groups in total. The van der Waals surface area contributed by atoms with Crippen molar-refractivity contribution in [2.75, 3.05) is 6.54 Å². The van der Waals surface area contributed by atoms with Crippen LogP contribution < -0.4 is 11.1 Å². The number of likely N-dealkylation sites (tertiary alicyclic amines) is 1. The average molecular weight is 385 g/mol. The summed E-state index contributed by atoms with van der Waals surface area (Å²) in [7, 11) is 0. The quantitative estimate of drug-likeness (QED) is 0.379. The van der Waals surface area contributed by atoms with E-state index in [0.717, 1.165) is 4.90 Å². The lowest BCUT2D eigenvalue weighted by molar-refractivity contribution is -0.149. The van der Waals surface area contributed by atoms with Crippen molar-refractivity contribution in [1.82, 2.24) is 10.2 Å². The molecule has 1 aliphatic rings. The molecule has 0 unspecified atom stereocenters. The number of carboxylic acids is 2. The van der Waals surface area contributed by atoms with Crippen LogP contribution >= 0.6 is 0 Å². The molecular weight excluding hydrogens is 358 g/mol. The van der Waals surface area contributed by atoms with E-state index in [1.807, 2.05) is 13.8 Å². The smallest absolute Gasteiger partial charge is 0.326 e. The average Bonchev–Trinajstić information content (AvgIpc) is 2.91. The minimum Gasteiger partial charge on any atom is -0.481 e. The molecule has 0 radical (unpaired) electrons. The van der Waals surface area contributed by atoms with E-state index in [4.69, 9.17) is 10.8 Å². The lowest BCUT2D eigenvalue weighted by Crippen LogP contribution is -2.50. The first-order valence-electron chi connectivity index (χ1n) is 8.77. The number of hydrogen-bond acceptors (Lipinski definition) is 6. The summed E-state index contributed by atoms with van der Waals surface area (Å²) >= 11 is 0. The number of ketones is 1. The Morgan fingerprint density at radius 3 is 2.26 bits per heavy atom. The van der Waals surface area contributed by atoms with Crippen molar-refractivity contribution < 1.29 is 34.2 Å². The van der Waals surface area contributed by atoms with Crippen molar-refractivity contribution in [2.45, 2.75) is 58.2 Å². The third-order valence-corrected chi connectivity index (χ3v) is 4.37. The number of nitrogens with two attached hydrogens (primary N) is 1. The molecule has 1 rings (SSSR count). The lowest BCUT2D eigenvalue weighted by Gasteiger charge is -2.26. The molecule has 10 heteroatoms. The third-order valence-electron chi connectivity index (χ3n) is 4.37. The standard InChI is InChI=1S/C17H27N3O7/c1-8(2)4-12(17(26)27)20-7-10(5-13(20)21)15(24)11(6-14(22)23)19-16(25)9(3)18/h8-12H,4-7,18H2,1-3H3,(H,19,25)(H,22,23)(H,26,27)/t9-,10-,11-,12-/m0/s1. The van der Waals surface area contributed by atoms with Gasteiger partial charge in [-0.25, -0.2) is 4.79 Å². The van der Waals surface area contributed by atoms with E-state index >= 15 is 0 Å². The van der Waals surface area contributed by atoms with Crippen LogP contribution in [0.3, 0.4) is 0 Å². The van der Waals surface area contributed by atoms with E-state index in [0.29, 0.717) is 0 Å². The second-order valence-corrected chi connectivity index (χ2v) is 7.28. The number of aliphatic carboxylic acids is 2. The summed E-state index contributed by atoms with van der Waals surface area (Å²) in [6.07, 6.45) is -0.622. The fraction of sp³-hybridized carbons (Fsp3) is 0.706. The number of nitrogens with zero attached hydrogens (tertiary/aromatic N) is 1. The van der Waals surface area contributed by atoms with Crippen molar-refractivity contribution in [1.29, 1.82) is 0 Å². The molecule has 1 saturated heterocycles. The largest absolute Gasteiger partial charge is 0.481 e. The zero-order valence-corrected chi connectivity index (χ0v) is 15.7. The SMILES string of the molecule is CC(C)C[C@@H](C(=O)O)N1C[C@@H](C(=O)[C@H](CC(=O)O)NC(=O)[C@H](C)N)CC1=O. The Labute approximate surface area is 157 Å². The summed E-state index contributed by atoms with van der Waals surface area (Å²) in [6.45, 7) is 4.92. The van der Waals surface area contributed by atoms with Gasteiger partial charge in [-0.2, -0.15) is 0 Å². The predicted molar refractivity (Wildman–Crippen MR) is 93.5 cm³/mol. The van der Waals surface area contributed by atoms with E-state index in [-0.39, 0.29) is 25.3 Å². The highest BCUT2D eigenvalue weighted by atomic mass is 16.4. The molecule has 10 nitrogen and oxygen atoms in total. The Hall–Kier alpha value is -2.49. The van der Waals surface area contributed by atoms with Gasteiger partial charge in [0.1, 0.15) is 6.04 Å². The number of rotatable bonds is 10. The van der Waals surface area contributed by atoms with Gasteiger partial charge in [-0.05, 0) is 19.3 Å². The van der Waals surface area contributed by atoms with Gasteiger partial charge >= 0.3 is 11.9 Å². The fourth-order valence-corrected chi connectivity index (χ4v) is 3.02. The predicted octanol–water partition coefficient (Wildman–Crippen LogP) is -0.790. The zero-order chi connectivity index (χ0) is 20.9. The minimum atomic E-state index is -1.33. The Balaban J connectivity index is 2.94. The van der Waals surface area contributed by atoms with Gasteiger partial charge in [0.2, 0.25) is 11.8 Å². The molecule has 27 heavy (non-hydrogen) atoms. The molecular formula is C17H27N3O7. The lowest BCUT2D eigenvalue weighted by atomic mass is 9.94. The molecule has 0 aliphatic carbocycles. The summed E-state index contributed by atoms with van der Waals surface area (Å²) in [6, 6.07) is -3.31. The molecule has 0 aromatic rings. The Morgan fingerprint density at radius 2 is 1.81 bits per heavy atom. The summed E-state index contributed by atoms with van der Waals surface area (Å²) in [5.74, 6) is -5.08. The van der Waals surface area contributed by atoms with Crippen LogP contribution in [-0.4, -0.2) is 69.3 Å². The van der Waals surface area contributed by atoms with Crippen LogP contribution in [0.2, 0.25) is 0 Å². The summed E-state index contributed by atoms with van der Waals surface area (Å²) < 4.78 is 0. The van der Waals surface area contributed by atoms with Gasteiger partial charge in [-0.3, -0.25) is 19.2 Å². The summed E-state index contributed by atoms with van der Waals surface area (Å²) in [5, 5.41) is 20.7. The van der Waals surface area contributed by atoms with Gasteiger partial charge in [-0.15, -0.1) is 0 Å². The highest BCUT2D eigenvalue weighted by molar-refractivity contribution is 5.98. The molecule has 0 aromatic heterocycles. The zero-order valence-electron chi connectivity index (χ0n) is 15.7. The van der Waals surface area contributed by atoms with Gasteiger partial charge in [0, 0.05) is 18.9 Å². The number of carbonyl (C=O) groups excluding carboxylic acids is 3. The first-order valence-corrected chi connectivity index (χ1v) is 8.77. The van der Waals surface area contributed by atoms with E-state index in [1.165, 1.54) is 6.92 Å². The molecule has 0 aromatic carbocycles. The van der Waals surface area contributed by atoms with Crippen molar-refractivity contribution in [3.63, 3.8) is 0 Å². The minimum absolute atomic E-state index is 0.0266. The second kappa shape index (κ2) is 9.45. The number of hydrogen-bond donors (Lipinski definition) is 4. The van der Waals surface area contributed by atoms with Gasteiger partial charge in [0.15, 0.2) is 5.78 Å². The molecule has 1 fully saturated rings. The summed E-state index contributed by atoms with van der Waals surface area (Å²) in [5.41, 5.74) is 5.43. The van der Waals surface area contributed by atoms with Gasteiger partial charge in [0.05, 0.1) is 18.5 Å². The molecule has 0 spiro atoms. The van der Waals surface area contributed by atoms with Gasteiger partial charge < -0.3 is 26.2 Å². The first kappa shape index (κ1) is 22.6. The van der Waals surface area contributed by atoms with Crippen LogP contribution in [0.15, 0.2) is 0 Å². The van der Waals surface area contributed by atoms with E-state index < -0.39 is 60.0 Å². The molecule has 0 bridgehead atoms. The number of carboxylic acid groups (broad SMARTS) is 2. The van der Waals surface area contributed by atoms with Crippen LogP contribution in [0, 0.1) is 11.8 Å². The van der Waals surface area contributed by atoms with Gasteiger partial charge in [0.25, 0.3) is 0 Å². The van der Waals surface area contributed by atoms with E-state index in [2.05, 4.69) is 5.32 Å². The molecule has 4 atom stereocenters. The fourth-order valence-electron chi connectivity index (χ4n) is 3.02.